The Morgan fingerprint density at radius 1 is 1.55 bits per heavy atom. The lowest BCUT2D eigenvalue weighted by Crippen LogP contribution is -2.21. The van der Waals surface area contributed by atoms with E-state index in [1.807, 2.05) is 4.68 Å². The molecule has 0 aliphatic carbocycles. The second-order valence-electron chi connectivity index (χ2n) is 2.75. The van der Waals surface area contributed by atoms with Crippen LogP contribution >= 0.6 is 0 Å². The Morgan fingerprint density at radius 2 is 2.55 bits per heavy atom. The minimum absolute atomic E-state index is 0.409. The molecule has 0 bridgehead atoms. The molecule has 1 unspecified atom stereocenters. The molecular weight excluding hydrogens is 142 g/mol. The molecular formula is C7H11N3O. The van der Waals surface area contributed by atoms with Gasteiger partial charge in [0.2, 0.25) is 0 Å². The Kier molecular flexibility index (Phi) is 1.85. The molecule has 1 aliphatic rings. The van der Waals surface area contributed by atoms with Gasteiger partial charge in [-0.1, -0.05) is 0 Å². The van der Waals surface area contributed by atoms with Gasteiger partial charge in [0.1, 0.15) is 12.7 Å². The third-order valence-electron chi connectivity index (χ3n) is 1.95. The van der Waals surface area contributed by atoms with Crippen molar-refractivity contribution in [3.05, 3.63) is 12.7 Å². The summed E-state index contributed by atoms with van der Waals surface area (Å²) in [7, 11) is 0. The average molecular weight is 153 g/mol. The van der Waals surface area contributed by atoms with Gasteiger partial charge < -0.3 is 4.74 Å². The highest BCUT2D eigenvalue weighted by atomic mass is 16.5. The van der Waals surface area contributed by atoms with Crippen LogP contribution in [-0.2, 0) is 4.74 Å². The standard InChI is InChI=1S/C7H11N3O/c1-2-7(4-11-3-1)10-6-8-5-9-10/h5-7H,1-4H2. The van der Waals surface area contributed by atoms with E-state index in [9.17, 15) is 0 Å². The summed E-state index contributed by atoms with van der Waals surface area (Å²) in [5.41, 5.74) is 0. The molecule has 0 radical (unpaired) electrons. The molecule has 1 aromatic heterocycles. The largest absolute Gasteiger partial charge is 0.379 e. The van der Waals surface area contributed by atoms with E-state index in [1.165, 1.54) is 0 Å². The first-order valence-corrected chi connectivity index (χ1v) is 3.88. The van der Waals surface area contributed by atoms with E-state index in [4.69, 9.17) is 4.74 Å². The van der Waals surface area contributed by atoms with Gasteiger partial charge in [0.15, 0.2) is 0 Å². The smallest absolute Gasteiger partial charge is 0.137 e. The first kappa shape index (κ1) is 6.79. The van der Waals surface area contributed by atoms with E-state index >= 15 is 0 Å². The predicted octanol–water partition coefficient (Wildman–Crippen LogP) is 0.630. The van der Waals surface area contributed by atoms with Crippen LogP contribution in [0.5, 0.6) is 0 Å². The fourth-order valence-corrected chi connectivity index (χ4v) is 1.34. The van der Waals surface area contributed by atoms with Crippen molar-refractivity contribution in [3.63, 3.8) is 0 Å². The van der Waals surface area contributed by atoms with E-state index in [0.717, 1.165) is 26.1 Å². The summed E-state index contributed by atoms with van der Waals surface area (Å²) in [5, 5.41) is 4.07. The molecule has 1 fully saturated rings. The molecule has 2 heterocycles. The van der Waals surface area contributed by atoms with Crippen molar-refractivity contribution in [2.45, 2.75) is 18.9 Å². The van der Waals surface area contributed by atoms with Gasteiger partial charge in [-0.3, -0.25) is 0 Å². The molecule has 0 saturated carbocycles. The monoisotopic (exact) mass is 153 g/mol. The van der Waals surface area contributed by atoms with Gasteiger partial charge in [0, 0.05) is 6.61 Å². The lowest BCUT2D eigenvalue weighted by Gasteiger charge is -2.21. The van der Waals surface area contributed by atoms with Crippen LogP contribution in [0.3, 0.4) is 0 Å². The van der Waals surface area contributed by atoms with E-state index in [0.29, 0.717) is 6.04 Å². The maximum Gasteiger partial charge on any atom is 0.137 e. The molecule has 2 rings (SSSR count). The Balaban J connectivity index is 2.04. The molecule has 0 amide bonds. The number of ether oxygens (including phenoxy) is 1. The number of aromatic nitrogens is 3. The Morgan fingerprint density at radius 3 is 3.18 bits per heavy atom. The van der Waals surface area contributed by atoms with Gasteiger partial charge >= 0.3 is 0 Å². The molecule has 0 N–H and O–H groups in total. The lowest BCUT2D eigenvalue weighted by atomic mass is 10.1. The molecule has 1 saturated heterocycles. The molecule has 0 spiro atoms. The topological polar surface area (TPSA) is 39.9 Å². The van der Waals surface area contributed by atoms with Crippen LogP contribution in [0.15, 0.2) is 12.7 Å². The van der Waals surface area contributed by atoms with Gasteiger partial charge in [-0.05, 0) is 12.8 Å². The summed E-state index contributed by atoms with van der Waals surface area (Å²) in [5.74, 6) is 0. The van der Waals surface area contributed by atoms with Crippen LogP contribution in [0.25, 0.3) is 0 Å². The van der Waals surface area contributed by atoms with E-state index in [2.05, 4.69) is 10.1 Å². The van der Waals surface area contributed by atoms with Gasteiger partial charge in [0.05, 0.1) is 12.6 Å². The van der Waals surface area contributed by atoms with Crippen molar-refractivity contribution in [3.8, 4) is 0 Å². The molecule has 1 aromatic rings. The van der Waals surface area contributed by atoms with Crippen LogP contribution in [-0.4, -0.2) is 28.0 Å². The van der Waals surface area contributed by atoms with Gasteiger partial charge in [0.25, 0.3) is 0 Å². The third kappa shape index (κ3) is 1.40. The van der Waals surface area contributed by atoms with E-state index < -0.39 is 0 Å². The zero-order valence-corrected chi connectivity index (χ0v) is 6.31. The average Bonchev–Trinajstić information content (AvgIpc) is 2.58. The molecule has 1 atom stereocenters. The van der Waals surface area contributed by atoms with Crippen LogP contribution in [0.4, 0.5) is 0 Å². The molecule has 4 heteroatoms. The van der Waals surface area contributed by atoms with E-state index in [1.54, 1.807) is 12.7 Å². The van der Waals surface area contributed by atoms with Crippen molar-refractivity contribution < 1.29 is 4.74 Å². The minimum Gasteiger partial charge on any atom is -0.379 e. The van der Waals surface area contributed by atoms with Crippen molar-refractivity contribution in [1.82, 2.24) is 14.8 Å². The van der Waals surface area contributed by atoms with Crippen molar-refractivity contribution in [1.29, 1.82) is 0 Å². The quantitative estimate of drug-likeness (QED) is 0.594. The van der Waals surface area contributed by atoms with Crippen LogP contribution in [0, 0.1) is 0 Å². The summed E-state index contributed by atoms with van der Waals surface area (Å²) >= 11 is 0. The van der Waals surface area contributed by atoms with Crippen molar-refractivity contribution >= 4 is 0 Å². The molecule has 1 aliphatic heterocycles. The lowest BCUT2D eigenvalue weighted by molar-refractivity contribution is 0.0548. The molecule has 0 aromatic carbocycles. The van der Waals surface area contributed by atoms with E-state index in [-0.39, 0.29) is 0 Å². The SMILES string of the molecule is c1ncn(C2CCCOC2)n1. The fraction of sp³-hybridized carbons (Fsp3) is 0.714. The Labute approximate surface area is 65.2 Å². The number of hydrogen-bond donors (Lipinski definition) is 0. The summed E-state index contributed by atoms with van der Waals surface area (Å²) in [6.07, 6.45) is 5.60. The first-order chi connectivity index (χ1) is 5.47. The molecule has 11 heavy (non-hydrogen) atoms. The zero-order valence-electron chi connectivity index (χ0n) is 6.31. The maximum absolute atomic E-state index is 5.32. The fourth-order valence-electron chi connectivity index (χ4n) is 1.34. The van der Waals surface area contributed by atoms with Gasteiger partial charge in [-0.25, -0.2) is 9.67 Å². The zero-order chi connectivity index (χ0) is 7.52. The second kappa shape index (κ2) is 3.00. The highest BCUT2D eigenvalue weighted by Crippen LogP contribution is 2.16. The number of nitrogens with zero attached hydrogens (tertiary/aromatic N) is 3. The summed E-state index contributed by atoms with van der Waals surface area (Å²) in [6, 6.07) is 0.409. The Bertz CT molecular complexity index is 203. The van der Waals surface area contributed by atoms with Gasteiger partial charge in [-0.15, -0.1) is 0 Å². The maximum atomic E-state index is 5.32. The molecule has 4 nitrogen and oxygen atoms in total. The van der Waals surface area contributed by atoms with Crippen LogP contribution < -0.4 is 0 Å². The van der Waals surface area contributed by atoms with Crippen molar-refractivity contribution in [2.24, 2.45) is 0 Å². The summed E-state index contributed by atoms with van der Waals surface area (Å²) in [6.45, 7) is 1.68. The second-order valence-corrected chi connectivity index (χ2v) is 2.75. The molecule has 60 valence electrons. The Hall–Kier alpha value is -0.900. The number of rotatable bonds is 1. The third-order valence-corrected chi connectivity index (χ3v) is 1.95. The summed E-state index contributed by atoms with van der Waals surface area (Å²) < 4.78 is 7.19. The highest BCUT2D eigenvalue weighted by molar-refractivity contribution is 4.70. The van der Waals surface area contributed by atoms with Crippen molar-refractivity contribution in [2.75, 3.05) is 13.2 Å². The normalized spacial score (nSPS) is 25.3. The van der Waals surface area contributed by atoms with Gasteiger partial charge in [-0.2, -0.15) is 5.10 Å². The summed E-state index contributed by atoms with van der Waals surface area (Å²) in [4.78, 5) is 3.89. The number of hydrogen-bond acceptors (Lipinski definition) is 3. The van der Waals surface area contributed by atoms with Crippen LogP contribution in [0.1, 0.15) is 18.9 Å². The predicted molar refractivity (Wildman–Crippen MR) is 39.1 cm³/mol. The minimum atomic E-state index is 0.409. The first-order valence-electron chi connectivity index (χ1n) is 3.88. The highest BCUT2D eigenvalue weighted by Gasteiger charge is 2.15. The van der Waals surface area contributed by atoms with Crippen LogP contribution in [0.2, 0.25) is 0 Å².